The average Bonchev–Trinajstić information content (AvgIpc) is 3.04. The molecule has 140 valence electrons. The summed E-state index contributed by atoms with van der Waals surface area (Å²) >= 11 is 0. The molecule has 1 saturated heterocycles. The van der Waals surface area contributed by atoms with Crippen LogP contribution in [0.15, 0.2) is 41.8 Å². The van der Waals surface area contributed by atoms with E-state index in [2.05, 4.69) is 9.71 Å². The summed E-state index contributed by atoms with van der Waals surface area (Å²) in [6.45, 7) is 0.669. The molecule has 0 bridgehead atoms. The van der Waals surface area contributed by atoms with Gasteiger partial charge in [-0.15, -0.1) is 0 Å². The summed E-state index contributed by atoms with van der Waals surface area (Å²) in [4.78, 5) is 15.0. The fourth-order valence-corrected chi connectivity index (χ4v) is 3.90. The van der Waals surface area contributed by atoms with Crippen LogP contribution in [0.1, 0.15) is 16.8 Å². The number of nitrogens with one attached hydrogen (secondary N) is 1. The largest absolute Gasteiger partial charge is 0.486 e. The fraction of sp³-hybridized carbons (Fsp3) is 0.375. The van der Waals surface area contributed by atoms with Crippen molar-refractivity contribution < 1.29 is 22.7 Å². The summed E-state index contributed by atoms with van der Waals surface area (Å²) in [5, 5.41) is -0.0453. The molecule has 0 saturated carbocycles. The molecule has 2 atom stereocenters. The smallest absolute Gasteiger partial charge is 0.259 e. The minimum Gasteiger partial charge on any atom is -0.486 e. The Morgan fingerprint density at radius 3 is 2.73 bits per heavy atom. The van der Waals surface area contributed by atoms with Crippen LogP contribution >= 0.6 is 0 Å². The van der Waals surface area contributed by atoms with Gasteiger partial charge in [0.2, 0.25) is 5.91 Å². The normalized spacial score (nSPS) is 20.7. The lowest BCUT2D eigenvalue weighted by Gasteiger charge is -2.32. The van der Waals surface area contributed by atoms with Crippen LogP contribution in [-0.4, -0.2) is 49.2 Å². The van der Waals surface area contributed by atoms with Crippen molar-refractivity contribution in [3.63, 3.8) is 0 Å². The molecule has 2 aromatic rings. The van der Waals surface area contributed by atoms with Crippen molar-refractivity contribution in [2.75, 3.05) is 13.2 Å². The summed E-state index contributed by atoms with van der Waals surface area (Å²) in [5.41, 5.74) is 5.58. The molecule has 1 aliphatic rings. The molecule has 0 spiro atoms. The van der Waals surface area contributed by atoms with Gasteiger partial charge in [-0.1, -0.05) is 0 Å². The van der Waals surface area contributed by atoms with E-state index in [4.69, 9.17) is 15.2 Å². The Kier molecular flexibility index (Phi) is 5.25. The number of imidazole rings is 1. The summed E-state index contributed by atoms with van der Waals surface area (Å²) in [6, 6.07) is 5.85. The standard InChI is InChI=1S/C16H20N4O5S/c1-20-8-15(18-10-20)26(22,23)19-13-6-7-24-9-14(13)25-12-4-2-11(3-5-12)16(17)21/h2-5,8,10,13-14,19H,6-7,9H2,1H3,(H2,17,21)/t13-,14-/m1/s1. The Bertz CT molecular complexity index is 878. The highest BCUT2D eigenvalue weighted by Gasteiger charge is 2.32. The van der Waals surface area contributed by atoms with E-state index in [1.165, 1.54) is 12.5 Å². The Morgan fingerprint density at radius 1 is 1.38 bits per heavy atom. The van der Waals surface area contributed by atoms with Crippen molar-refractivity contribution in [1.29, 1.82) is 0 Å². The zero-order chi connectivity index (χ0) is 18.7. The third kappa shape index (κ3) is 4.21. The van der Waals surface area contributed by atoms with Crippen molar-refractivity contribution in [3.8, 4) is 5.75 Å². The van der Waals surface area contributed by atoms with Crippen LogP contribution in [0.25, 0.3) is 0 Å². The van der Waals surface area contributed by atoms with Gasteiger partial charge in [0, 0.05) is 25.4 Å². The van der Waals surface area contributed by atoms with Gasteiger partial charge >= 0.3 is 0 Å². The quantitative estimate of drug-likeness (QED) is 0.728. The average molecular weight is 380 g/mol. The molecule has 1 amide bonds. The summed E-state index contributed by atoms with van der Waals surface area (Å²) in [6.07, 6.45) is 2.81. The lowest BCUT2D eigenvalue weighted by Crippen LogP contribution is -2.51. The molecule has 1 fully saturated rings. The van der Waals surface area contributed by atoms with Gasteiger partial charge in [-0.25, -0.2) is 18.1 Å². The van der Waals surface area contributed by atoms with E-state index in [1.807, 2.05) is 0 Å². The molecule has 10 heteroatoms. The molecule has 0 unspecified atom stereocenters. The number of hydrogen-bond donors (Lipinski definition) is 2. The fourth-order valence-electron chi connectivity index (χ4n) is 2.62. The maximum Gasteiger partial charge on any atom is 0.259 e. The molecule has 2 heterocycles. The van der Waals surface area contributed by atoms with Gasteiger partial charge in [-0.2, -0.15) is 0 Å². The maximum absolute atomic E-state index is 12.5. The number of ether oxygens (including phenoxy) is 2. The Morgan fingerprint density at radius 2 is 2.12 bits per heavy atom. The van der Waals surface area contributed by atoms with Crippen molar-refractivity contribution >= 4 is 15.9 Å². The molecule has 26 heavy (non-hydrogen) atoms. The number of hydrogen-bond acceptors (Lipinski definition) is 6. The highest BCUT2D eigenvalue weighted by atomic mass is 32.2. The first kappa shape index (κ1) is 18.4. The first-order valence-electron chi connectivity index (χ1n) is 8.00. The number of carbonyl (C=O) groups is 1. The van der Waals surface area contributed by atoms with Gasteiger partial charge < -0.3 is 19.8 Å². The van der Waals surface area contributed by atoms with E-state index < -0.39 is 28.1 Å². The lowest BCUT2D eigenvalue weighted by atomic mass is 10.1. The summed E-state index contributed by atoms with van der Waals surface area (Å²) in [5.74, 6) is -0.0360. The number of nitrogens with zero attached hydrogens (tertiary/aromatic N) is 2. The maximum atomic E-state index is 12.5. The molecule has 3 rings (SSSR count). The molecule has 3 N–H and O–H groups in total. The van der Waals surface area contributed by atoms with Crippen LogP contribution in [0.5, 0.6) is 5.75 Å². The molecule has 1 aliphatic heterocycles. The van der Waals surface area contributed by atoms with Gasteiger partial charge in [-0.3, -0.25) is 4.79 Å². The third-order valence-electron chi connectivity index (χ3n) is 3.99. The molecular formula is C16H20N4O5S. The van der Waals surface area contributed by atoms with Crippen LogP contribution < -0.4 is 15.2 Å². The van der Waals surface area contributed by atoms with E-state index >= 15 is 0 Å². The highest BCUT2D eigenvalue weighted by Crippen LogP contribution is 2.20. The SMILES string of the molecule is Cn1cnc(S(=O)(=O)N[C@@H]2CCOC[C@H]2Oc2ccc(C(N)=O)cc2)c1. The molecule has 1 aromatic heterocycles. The second-order valence-corrected chi connectivity index (χ2v) is 7.67. The van der Waals surface area contributed by atoms with Gasteiger partial charge in [0.1, 0.15) is 11.9 Å². The van der Waals surface area contributed by atoms with Crippen LogP contribution in [0, 0.1) is 0 Å². The Balaban J connectivity index is 1.72. The summed E-state index contributed by atoms with van der Waals surface area (Å²) < 4.78 is 40.5. The van der Waals surface area contributed by atoms with Crippen molar-refractivity contribution in [2.24, 2.45) is 12.8 Å². The molecule has 0 radical (unpaired) electrons. The Hall–Kier alpha value is -2.43. The van der Waals surface area contributed by atoms with Gasteiger partial charge in [0.15, 0.2) is 5.03 Å². The van der Waals surface area contributed by atoms with E-state index in [0.29, 0.717) is 24.3 Å². The first-order chi connectivity index (χ1) is 12.3. The van der Waals surface area contributed by atoms with Gasteiger partial charge in [0.25, 0.3) is 10.0 Å². The van der Waals surface area contributed by atoms with Crippen LogP contribution in [0.2, 0.25) is 0 Å². The minimum atomic E-state index is -3.76. The van der Waals surface area contributed by atoms with E-state index in [9.17, 15) is 13.2 Å². The predicted molar refractivity (Wildman–Crippen MR) is 92.1 cm³/mol. The van der Waals surface area contributed by atoms with Crippen molar-refractivity contribution in [2.45, 2.75) is 23.6 Å². The molecule has 0 aliphatic carbocycles. The number of amides is 1. The van der Waals surface area contributed by atoms with Crippen LogP contribution in [0.4, 0.5) is 0 Å². The van der Waals surface area contributed by atoms with E-state index in [1.54, 1.807) is 35.9 Å². The predicted octanol–water partition coefficient (Wildman–Crippen LogP) is 0.0338. The molecule has 1 aromatic carbocycles. The number of benzene rings is 1. The van der Waals surface area contributed by atoms with Gasteiger partial charge in [-0.05, 0) is 30.7 Å². The van der Waals surface area contributed by atoms with Crippen molar-refractivity contribution in [3.05, 3.63) is 42.4 Å². The van der Waals surface area contributed by atoms with E-state index in [0.717, 1.165) is 0 Å². The second kappa shape index (κ2) is 7.44. The summed E-state index contributed by atoms with van der Waals surface area (Å²) in [7, 11) is -2.06. The first-order valence-corrected chi connectivity index (χ1v) is 9.48. The van der Waals surface area contributed by atoms with Crippen molar-refractivity contribution in [1.82, 2.24) is 14.3 Å². The topological polar surface area (TPSA) is 126 Å². The van der Waals surface area contributed by atoms with Gasteiger partial charge in [0.05, 0.1) is 19.0 Å². The Labute approximate surface area is 151 Å². The number of aryl methyl sites for hydroxylation is 1. The zero-order valence-corrected chi connectivity index (χ0v) is 15.0. The van der Waals surface area contributed by atoms with Crippen LogP contribution in [-0.2, 0) is 21.8 Å². The highest BCUT2D eigenvalue weighted by molar-refractivity contribution is 7.89. The molecular weight excluding hydrogens is 360 g/mol. The monoisotopic (exact) mass is 380 g/mol. The number of sulfonamides is 1. The minimum absolute atomic E-state index is 0.0453. The third-order valence-corrected chi connectivity index (χ3v) is 5.37. The van der Waals surface area contributed by atoms with Crippen LogP contribution in [0.3, 0.4) is 0 Å². The zero-order valence-electron chi connectivity index (χ0n) is 14.2. The number of aromatic nitrogens is 2. The van der Waals surface area contributed by atoms with E-state index in [-0.39, 0.29) is 11.6 Å². The number of primary amides is 1. The molecule has 9 nitrogen and oxygen atoms in total. The lowest BCUT2D eigenvalue weighted by molar-refractivity contribution is -0.00928. The second-order valence-electron chi connectivity index (χ2n) is 6.01. The number of carbonyl (C=O) groups excluding carboxylic acids is 1. The number of rotatable bonds is 6. The number of nitrogens with two attached hydrogens (primary N) is 1.